The first-order valence-corrected chi connectivity index (χ1v) is 6.33. The molecule has 106 valence electrons. The Morgan fingerprint density at radius 3 is 2.95 bits per heavy atom. The van der Waals surface area contributed by atoms with Gasteiger partial charge in [0, 0.05) is 5.02 Å². The molecule has 0 bridgehead atoms. The van der Waals surface area contributed by atoms with Crippen LogP contribution in [0.25, 0.3) is 0 Å². The van der Waals surface area contributed by atoms with Gasteiger partial charge >= 0.3 is 0 Å². The summed E-state index contributed by atoms with van der Waals surface area (Å²) in [7, 11) is 1.47. The van der Waals surface area contributed by atoms with Crippen LogP contribution in [0.5, 0.6) is 5.75 Å². The van der Waals surface area contributed by atoms with Crippen LogP contribution in [0, 0.1) is 0 Å². The third-order valence-electron chi connectivity index (χ3n) is 2.73. The number of carbonyl (C=O) groups excluding carboxylic acids is 1. The van der Waals surface area contributed by atoms with E-state index in [4.69, 9.17) is 20.8 Å². The van der Waals surface area contributed by atoms with Gasteiger partial charge in [-0.3, -0.25) is 4.79 Å². The van der Waals surface area contributed by atoms with E-state index in [1.807, 2.05) is 0 Å². The standard InChI is InChI=1S/C14H14ClNO4/c1-19-12-5-4-9(15)7-10(12)14(18)16-8-11(17)13-3-2-6-20-13/h2-7,11,17H,8H2,1H3,(H,16,18). The molecule has 1 atom stereocenters. The van der Waals surface area contributed by atoms with Crippen LogP contribution in [-0.2, 0) is 0 Å². The first-order valence-electron chi connectivity index (χ1n) is 5.95. The highest BCUT2D eigenvalue weighted by Crippen LogP contribution is 2.22. The maximum Gasteiger partial charge on any atom is 0.255 e. The Bertz CT molecular complexity index is 583. The van der Waals surface area contributed by atoms with Gasteiger partial charge in [0.2, 0.25) is 0 Å². The van der Waals surface area contributed by atoms with Crippen molar-refractivity contribution in [3.05, 3.63) is 52.9 Å². The van der Waals surface area contributed by atoms with Crippen LogP contribution >= 0.6 is 11.6 Å². The lowest BCUT2D eigenvalue weighted by atomic mass is 10.2. The lowest BCUT2D eigenvalue weighted by Gasteiger charge is -2.12. The number of hydrogen-bond donors (Lipinski definition) is 2. The first-order chi connectivity index (χ1) is 9.61. The number of rotatable bonds is 5. The van der Waals surface area contributed by atoms with Crippen molar-refractivity contribution >= 4 is 17.5 Å². The average Bonchev–Trinajstić information content (AvgIpc) is 2.98. The number of hydrogen-bond acceptors (Lipinski definition) is 4. The zero-order valence-corrected chi connectivity index (χ0v) is 11.6. The third kappa shape index (κ3) is 3.31. The molecule has 0 aliphatic heterocycles. The van der Waals surface area contributed by atoms with E-state index in [0.717, 1.165) is 0 Å². The SMILES string of the molecule is COc1ccc(Cl)cc1C(=O)NCC(O)c1ccco1. The van der Waals surface area contributed by atoms with Gasteiger partial charge in [0.1, 0.15) is 17.6 Å². The summed E-state index contributed by atoms with van der Waals surface area (Å²) in [4.78, 5) is 12.1. The Balaban J connectivity index is 2.03. The van der Waals surface area contributed by atoms with Crippen molar-refractivity contribution in [1.82, 2.24) is 5.32 Å². The van der Waals surface area contributed by atoms with Gasteiger partial charge in [0.05, 0.1) is 25.5 Å². The molecule has 1 heterocycles. The first kappa shape index (κ1) is 14.4. The highest BCUT2D eigenvalue weighted by Gasteiger charge is 2.16. The summed E-state index contributed by atoms with van der Waals surface area (Å²) in [6.45, 7) is 0.0298. The largest absolute Gasteiger partial charge is 0.496 e. The van der Waals surface area contributed by atoms with Crippen molar-refractivity contribution in [2.45, 2.75) is 6.10 Å². The zero-order chi connectivity index (χ0) is 14.5. The average molecular weight is 296 g/mol. The molecule has 0 radical (unpaired) electrons. The molecular weight excluding hydrogens is 282 g/mol. The Kier molecular flexibility index (Phi) is 4.65. The lowest BCUT2D eigenvalue weighted by Crippen LogP contribution is -2.28. The second kappa shape index (κ2) is 6.45. The minimum atomic E-state index is -0.904. The van der Waals surface area contributed by atoms with Crippen molar-refractivity contribution in [2.75, 3.05) is 13.7 Å². The van der Waals surface area contributed by atoms with Crippen LogP contribution in [0.3, 0.4) is 0 Å². The van der Waals surface area contributed by atoms with E-state index >= 15 is 0 Å². The number of aliphatic hydroxyl groups excluding tert-OH is 1. The van der Waals surface area contributed by atoms with Crippen LogP contribution in [-0.4, -0.2) is 24.7 Å². The van der Waals surface area contributed by atoms with Gasteiger partial charge in [-0.1, -0.05) is 11.6 Å². The molecule has 0 aliphatic carbocycles. The van der Waals surface area contributed by atoms with Gasteiger partial charge in [-0.25, -0.2) is 0 Å². The monoisotopic (exact) mass is 295 g/mol. The van der Waals surface area contributed by atoms with Crippen LogP contribution in [0.4, 0.5) is 0 Å². The Hall–Kier alpha value is -1.98. The van der Waals surface area contributed by atoms with E-state index in [1.165, 1.54) is 19.4 Å². The van der Waals surface area contributed by atoms with E-state index in [1.54, 1.807) is 24.3 Å². The fraction of sp³-hybridized carbons (Fsp3) is 0.214. The quantitative estimate of drug-likeness (QED) is 0.888. The number of halogens is 1. The van der Waals surface area contributed by atoms with Crippen LogP contribution in [0.15, 0.2) is 41.0 Å². The topological polar surface area (TPSA) is 71.7 Å². The minimum Gasteiger partial charge on any atom is -0.496 e. The molecule has 1 aromatic carbocycles. The number of benzene rings is 1. The molecule has 1 amide bonds. The van der Waals surface area contributed by atoms with E-state index < -0.39 is 6.10 Å². The zero-order valence-electron chi connectivity index (χ0n) is 10.8. The summed E-state index contributed by atoms with van der Waals surface area (Å²) < 4.78 is 10.2. The van der Waals surface area contributed by atoms with Crippen molar-refractivity contribution in [1.29, 1.82) is 0 Å². The smallest absolute Gasteiger partial charge is 0.255 e. The van der Waals surface area contributed by atoms with Crippen molar-refractivity contribution < 1.29 is 19.1 Å². The Morgan fingerprint density at radius 1 is 1.50 bits per heavy atom. The number of ether oxygens (including phenoxy) is 1. The molecule has 2 aromatic rings. The van der Waals surface area contributed by atoms with Crippen molar-refractivity contribution in [3.8, 4) is 5.75 Å². The summed E-state index contributed by atoms with van der Waals surface area (Å²) in [5.41, 5.74) is 0.312. The molecule has 0 spiro atoms. The summed E-state index contributed by atoms with van der Waals surface area (Å²) in [6.07, 6.45) is 0.555. The lowest BCUT2D eigenvalue weighted by molar-refractivity contribution is 0.0898. The van der Waals surface area contributed by atoms with Gasteiger partial charge in [-0.2, -0.15) is 0 Å². The molecule has 2 rings (SSSR count). The van der Waals surface area contributed by atoms with E-state index in [0.29, 0.717) is 22.1 Å². The van der Waals surface area contributed by atoms with Crippen LogP contribution in [0.2, 0.25) is 5.02 Å². The number of amides is 1. The summed E-state index contributed by atoms with van der Waals surface area (Å²) in [6, 6.07) is 8.06. The Labute approximate surface area is 121 Å². The molecule has 0 saturated carbocycles. The Morgan fingerprint density at radius 2 is 2.30 bits per heavy atom. The highest BCUT2D eigenvalue weighted by atomic mass is 35.5. The number of furan rings is 1. The van der Waals surface area contributed by atoms with Gasteiger partial charge in [-0.05, 0) is 30.3 Å². The fourth-order valence-corrected chi connectivity index (χ4v) is 1.90. The molecule has 0 fully saturated rings. The molecule has 1 aromatic heterocycles. The molecule has 2 N–H and O–H groups in total. The second-order valence-corrected chi connectivity index (χ2v) is 4.52. The molecular formula is C14H14ClNO4. The predicted octanol–water partition coefficient (Wildman–Crippen LogP) is 2.41. The highest BCUT2D eigenvalue weighted by molar-refractivity contribution is 6.31. The molecule has 20 heavy (non-hydrogen) atoms. The fourth-order valence-electron chi connectivity index (χ4n) is 1.72. The summed E-state index contributed by atoms with van der Waals surface area (Å²) in [5.74, 6) is 0.428. The second-order valence-electron chi connectivity index (χ2n) is 4.09. The maximum absolute atomic E-state index is 12.1. The molecule has 1 unspecified atom stereocenters. The minimum absolute atomic E-state index is 0.0298. The van der Waals surface area contributed by atoms with Gasteiger partial charge in [0.25, 0.3) is 5.91 Å². The molecule has 0 saturated heterocycles. The van der Waals surface area contributed by atoms with Gasteiger partial charge in [-0.15, -0.1) is 0 Å². The van der Waals surface area contributed by atoms with Crippen LogP contribution < -0.4 is 10.1 Å². The summed E-state index contributed by atoms with van der Waals surface area (Å²) >= 11 is 5.86. The normalized spacial score (nSPS) is 11.9. The molecule has 5 nitrogen and oxygen atoms in total. The van der Waals surface area contributed by atoms with Gasteiger partial charge < -0.3 is 19.6 Å². The predicted molar refractivity (Wildman–Crippen MR) is 74.0 cm³/mol. The van der Waals surface area contributed by atoms with Crippen LogP contribution in [0.1, 0.15) is 22.2 Å². The van der Waals surface area contributed by atoms with Gasteiger partial charge in [0.15, 0.2) is 0 Å². The number of carbonyl (C=O) groups is 1. The van der Waals surface area contributed by atoms with E-state index in [-0.39, 0.29) is 12.5 Å². The summed E-state index contributed by atoms with van der Waals surface area (Å²) in [5, 5.41) is 12.9. The van der Waals surface area contributed by atoms with Crippen molar-refractivity contribution in [2.24, 2.45) is 0 Å². The molecule has 6 heteroatoms. The third-order valence-corrected chi connectivity index (χ3v) is 2.97. The van der Waals surface area contributed by atoms with E-state index in [2.05, 4.69) is 5.32 Å². The number of aliphatic hydroxyl groups is 1. The van der Waals surface area contributed by atoms with E-state index in [9.17, 15) is 9.90 Å². The maximum atomic E-state index is 12.1. The molecule has 0 aliphatic rings. The number of methoxy groups -OCH3 is 1. The van der Waals surface area contributed by atoms with Crippen molar-refractivity contribution in [3.63, 3.8) is 0 Å². The number of nitrogens with one attached hydrogen (secondary N) is 1.